The summed E-state index contributed by atoms with van der Waals surface area (Å²) in [6.07, 6.45) is 3.15. The first-order valence-corrected chi connectivity index (χ1v) is 13.2. The number of carboxylic acid groups (broad SMARTS) is 1. The maximum atomic E-state index is 13.2. The highest BCUT2D eigenvalue weighted by Crippen LogP contribution is 2.41. The average Bonchev–Trinajstić information content (AvgIpc) is 3.38. The van der Waals surface area contributed by atoms with E-state index >= 15 is 0 Å². The van der Waals surface area contributed by atoms with Crippen molar-refractivity contribution in [3.63, 3.8) is 0 Å². The fraction of sp³-hybridized carbons (Fsp3) is 0.154. The number of halogens is 1. The predicted octanol–water partition coefficient (Wildman–Crippen LogP) is 4.02. The van der Waals surface area contributed by atoms with Crippen LogP contribution in [0, 0.1) is 5.82 Å². The SMILES string of the molecule is O=C(CSc1ccccc1)N[C@@H]1C(=O)N2C(C(=O)O)=C(/C=C/c3cc(-c4ccc(F)cc4)no3)CSC12. The second kappa shape index (κ2) is 10.7. The zero-order valence-corrected chi connectivity index (χ0v) is 20.8. The molecule has 1 unspecified atom stereocenters. The molecule has 0 bridgehead atoms. The van der Waals surface area contributed by atoms with Crippen molar-refractivity contribution in [3.05, 3.63) is 89.6 Å². The highest BCUT2D eigenvalue weighted by Gasteiger charge is 2.53. The Morgan fingerprint density at radius 1 is 1.19 bits per heavy atom. The van der Waals surface area contributed by atoms with Crippen LogP contribution in [0.15, 0.2) is 87.4 Å². The summed E-state index contributed by atoms with van der Waals surface area (Å²) in [6, 6.07) is 16.1. The molecule has 11 heteroatoms. The molecule has 188 valence electrons. The van der Waals surface area contributed by atoms with Gasteiger partial charge in [-0.25, -0.2) is 9.18 Å². The van der Waals surface area contributed by atoms with Gasteiger partial charge < -0.3 is 14.9 Å². The highest BCUT2D eigenvalue weighted by molar-refractivity contribution is 8.00. The molecule has 5 rings (SSSR count). The van der Waals surface area contributed by atoms with Gasteiger partial charge in [-0.1, -0.05) is 29.4 Å². The summed E-state index contributed by atoms with van der Waals surface area (Å²) in [6.45, 7) is 0. The second-order valence-corrected chi connectivity index (χ2v) is 10.3. The van der Waals surface area contributed by atoms with Crippen molar-refractivity contribution in [2.75, 3.05) is 11.5 Å². The van der Waals surface area contributed by atoms with Crippen molar-refractivity contribution in [3.8, 4) is 11.3 Å². The molecule has 1 fully saturated rings. The molecule has 37 heavy (non-hydrogen) atoms. The van der Waals surface area contributed by atoms with Gasteiger partial charge in [0.1, 0.15) is 28.6 Å². The first-order valence-electron chi connectivity index (χ1n) is 11.2. The Balaban J connectivity index is 1.26. The first-order chi connectivity index (χ1) is 17.9. The molecule has 0 radical (unpaired) electrons. The summed E-state index contributed by atoms with van der Waals surface area (Å²) in [5.74, 6) is -1.48. The minimum Gasteiger partial charge on any atom is -0.477 e. The number of hydrogen-bond acceptors (Lipinski definition) is 7. The lowest BCUT2D eigenvalue weighted by Crippen LogP contribution is -2.70. The largest absolute Gasteiger partial charge is 0.477 e. The third kappa shape index (κ3) is 5.32. The standard InChI is InChI=1S/C26H20FN3O5S2/c27-17-9-6-15(7-10-17)20-12-18(35-29-20)11-8-16-13-37-25-22(24(32)30(25)23(16)26(33)34)28-21(31)14-36-19-4-2-1-3-5-19/h1-12,22,25H,13-14H2,(H,28,31)(H,33,34)/b11-8+/t22-,25?/m1/s1. The molecule has 2 atom stereocenters. The van der Waals surface area contributed by atoms with Crippen LogP contribution in [-0.2, 0) is 14.4 Å². The normalized spacial score (nSPS) is 19.1. The fourth-order valence-electron chi connectivity index (χ4n) is 3.96. The van der Waals surface area contributed by atoms with Gasteiger partial charge in [-0.15, -0.1) is 23.5 Å². The Hall–Kier alpha value is -3.83. The van der Waals surface area contributed by atoms with E-state index in [1.807, 2.05) is 30.3 Å². The van der Waals surface area contributed by atoms with Crippen molar-refractivity contribution < 1.29 is 28.4 Å². The van der Waals surface area contributed by atoms with Gasteiger partial charge in [0.25, 0.3) is 5.91 Å². The topological polar surface area (TPSA) is 113 Å². The van der Waals surface area contributed by atoms with Crippen LogP contribution < -0.4 is 5.32 Å². The molecule has 1 aromatic heterocycles. The van der Waals surface area contributed by atoms with Crippen molar-refractivity contribution in [2.45, 2.75) is 16.3 Å². The summed E-state index contributed by atoms with van der Waals surface area (Å²) < 4.78 is 18.5. The van der Waals surface area contributed by atoms with Crippen LogP contribution >= 0.6 is 23.5 Å². The molecule has 2 amide bonds. The molecule has 0 aliphatic carbocycles. The lowest BCUT2D eigenvalue weighted by Gasteiger charge is -2.49. The lowest BCUT2D eigenvalue weighted by molar-refractivity contribution is -0.150. The number of nitrogens with one attached hydrogen (secondary N) is 1. The molecule has 0 saturated carbocycles. The maximum Gasteiger partial charge on any atom is 0.352 e. The molecule has 2 aliphatic heterocycles. The third-order valence-electron chi connectivity index (χ3n) is 5.75. The zero-order valence-electron chi connectivity index (χ0n) is 19.2. The number of hydrogen-bond donors (Lipinski definition) is 2. The summed E-state index contributed by atoms with van der Waals surface area (Å²) in [7, 11) is 0. The van der Waals surface area contributed by atoms with Gasteiger partial charge in [0.2, 0.25) is 5.91 Å². The number of aliphatic carboxylic acids is 1. The van der Waals surface area contributed by atoms with Crippen molar-refractivity contribution >= 4 is 47.4 Å². The molecule has 3 heterocycles. The number of aromatic nitrogens is 1. The molecule has 0 spiro atoms. The Morgan fingerprint density at radius 2 is 1.95 bits per heavy atom. The number of amides is 2. The summed E-state index contributed by atoms with van der Waals surface area (Å²) in [5, 5.41) is 16.1. The minimum atomic E-state index is -1.23. The number of carbonyl (C=O) groups excluding carboxylic acids is 2. The van der Waals surface area contributed by atoms with E-state index < -0.39 is 23.3 Å². The highest BCUT2D eigenvalue weighted by atomic mass is 32.2. The summed E-state index contributed by atoms with van der Waals surface area (Å²) in [5.41, 5.74) is 1.50. The van der Waals surface area contributed by atoms with E-state index in [4.69, 9.17) is 4.52 Å². The number of carbonyl (C=O) groups is 3. The van der Waals surface area contributed by atoms with E-state index in [1.54, 1.807) is 30.4 Å². The van der Waals surface area contributed by atoms with E-state index in [0.29, 0.717) is 28.3 Å². The van der Waals surface area contributed by atoms with Gasteiger partial charge >= 0.3 is 5.97 Å². The van der Waals surface area contributed by atoms with E-state index in [2.05, 4.69) is 10.5 Å². The second-order valence-electron chi connectivity index (χ2n) is 8.19. The number of thioether (sulfide) groups is 2. The number of carboxylic acids is 1. The van der Waals surface area contributed by atoms with Crippen LogP contribution in [0.25, 0.3) is 17.3 Å². The first kappa shape index (κ1) is 24.8. The maximum absolute atomic E-state index is 13.2. The van der Waals surface area contributed by atoms with Crippen LogP contribution in [0.4, 0.5) is 4.39 Å². The van der Waals surface area contributed by atoms with Crippen LogP contribution in [0.3, 0.4) is 0 Å². The van der Waals surface area contributed by atoms with Crippen LogP contribution in [0.2, 0.25) is 0 Å². The lowest BCUT2D eigenvalue weighted by atomic mass is 10.0. The van der Waals surface area contributed by atoms with Gasteiger partial charge in [-0.05, 0) is 48.0 Å². The smallest absolute Gasteiger partial charge is 0.352 e. The molecule has 2 aliphatic rings. The summed E-state index contributed by atoms with van der Waals surface area (Å²) >= 11 is 2.74. The number of benzene rings is 2. The predicted molar refractivity (Wildman–Crippen MR) is 138 cm³/mol. The minimum absolute atomic E-state index is 0.118. The van der Waals surface area contributed by atoms with Crippen molar-refractivity contribution in [2.24, 2.45) is 0 Å². The number of nitrogens with zero attached hydrogens (tertiary/aromatic N) is 2. The van der Waals surface area contributed by atoms with E-state index in [-0.39, 0.29) is 23.2 Å². The summed E-state index contributed by atoms with van der Waals surface area (Å²) in [4.78, 5) is 39.5. The molecule has 1 saturated heterocycles. The van der Waals surface area contributed by atoms with Gasteiger partial charge in [-0.2, -0.15) is 0 Å². The van der Waals surface area contributed by atoms with Gasteiger partial charge in [0.15, 0.2) is 5.76 Å². The number of β-lactam (4-membered cyclic amide) rings is 1. The molecule has 2 N–H and O–H groups in total. The van der Waals surface area contributed by atoms with Crippen molar-refractivity contribution in [1.29, 1.82) is 0 Å². The Kier molecular flexibility index (Phi) is 7.15. The van der Waals surface area contributed by atoms with E-state index in [0.717, 1.165) is 4.90 Å². The number of rotatable bonds is 8. The van der Waals surface area contributed by atoms with Gasteiger partial charge in [0, 0.05) is 22.3 Å². The molecular formula is C26H20FN3O5S2. The van der Waals surface area contributed by atoms with Crippen molar-refractivity contribution in [1.82, 2.24) is 15.4 Å². The van der Waals surface area contributed by atoms with Crippen LogP contribution in [0.1, 0.15) is 5.76 Å². The van der Waals surface area contributed by atoms with E-state index in [1.165, 1.54) is 40.6 Å². The van der Waals surface area contributed by atoms with Gasteiger partial charge in [0.05, 0.1) is 5.75 Å². The third-order valence-corrected chi connectivity index (χ3v) is 8.06. The Bertz CT molecular complexity index is 1410. The quantitative estimate of drug-likeness (QED) is 0.327. The van der Waals surface area contributed by atoms with Crippen LogP contribution in [-0.4, -0.2) is 55.9 Å². The fourth-order valence-corrected chi connectivity index (χ4v) is 6.01. The molecule has 3 aromatic rings. The Labute approximate surface area is 219 Å². The zero-order chi connectivity index (χ0) is 25.9. The molecular weight excluding hydrogens is 517 g/mol. The van der Waals surface area contributed by atoms with Gasteiger partial charge in [-0.3, -0.25) is 14.5 Å². The molecule has 2 aromatic carbocycles. The monoisotopic (exact) mass is 537 g/mol. The average molecular weight is 538 g/mol. The number of allylic oxidation sites excluding steroid dienone is 1. The Morgan fingerprint density at radius 3 is 2.68 bits per heavy atom. The van der Waals surface area contributed by atoms with E-state index in [9.17, 15) is 23.9 Å². The number of fused-ring (bicyclic) bond motifs is 1. The molecule has 8 nitrogen and oxygen atoms in total. The van der Waals surface area contributed by atoms with Crippen LogP contribution in [0.5, 0.6) is 0 Å².